The summed E-state index contributed by atoms with van der Waals surface area (Å²) in [6.07, 6.45) is 2.39. The van der Waals surface area contributed by atoms with E-state index in [0.29, 0.717) is 48.6 Å². The third kappa shape index (κ3) is 7.90. The lowest BCUT2D eigenvalue weighted by Crippen LogP contribution is -2.39. The average molecular weight is 629 g/mol. The van der Waals surface area contributed by atoms with Gasteiger partial charge in [-0.1, -0.05) is 43.4 Å². The van der Waals surface area contributed by atoms with Gasteiger partial charge < -0.3 is 10.1 Å². The van der Waals surface area contributed by atoms with Crippen LogP contribution in [0.1, 0.15) is 45.9 Å². The molecule has 42 heavy (non-hydrogen) atoms. The van der Waals surface area contributed by atoms with Crippen LogP contribution in [0.2, 0.25) is 30.7 Å². The smallest absolute Gasteiger partial charge is 0.255 e. The first-order valence-electron chi connectivity index (χ1n) is 14.7. The van der Waals surface area contributed by atoms with Gasteiger partial charge in [-0.05, 0) is 67.3 Å². The van der Waals surface area contributed by atoms with Crippen LogP contribution in [0.3, 0.4) is 0 Å². The highest BCUT2D eigenvalue weighted by Gasteiger charge is 2.31. The first kappa shape index (κ1) is 30.9. The molecule has 1 N–H and O–H groups in total. The van der Waals surface area contributed by atoms with E-state index in [0.717, 1.165) is 29.5 Å². The molecule has 1 aliphatic carbocycles. The molecule has 2 aliphatic rings. The van der Waals surface area contributed by atoms with E-state index < -0.39 is 17.9 Å². The zero-order valence-corrected chi connectivity index (χ0v) is 27.5. The van der Waals surface area contributed by atoms with Gasteiger partial charge in [0.25, 0.3) is 5.91 Å². The number of benzene rings is 2. The highest BCUT2D eigenvalue weighted by atomic mass is 35.5. The maximum Gasteiger partial charge on any atom is 0.255 e. The fourth-order valence-corrected chi connectivity index (χ4v) is 7.45. The fraction of sp³-hybridized carbons (Fsp3) is 0.484. The summed E-state index contributed by atoms with van der Waals surface area (Å²) in [5, 5.41) is 8.50. The molecule has 2 fully saturated rings. The van der Waals surface area contributed by atoms with Gasteiger partial charge in [0.2, 0.25) is 0 Å². The number of amides is 1. The van der Waals surface area contributed by atoms with Crippen LogP contribution in [0.4, 0.5) is 5.69 Å². The second-order valence-corrected chi connectivity index (χ2v) is 21.1. The van der Waals surface area contributed by atoms with E-state index in [4.69, 9.17) is 21.4 Å². The van der Waals surface area contributed by atoms with E-state index in [1.54, 1.807) is 18.2 Å². The number of ether oxygens (including phenoxy) is 1. The molecule has 3 aromatic rings. The van der Waals surface area contributed by atoms with Crippen molar-refractivity contribution in [2.24, 2.45) is 0 Å². The summed E-state index contributed by atoms with van der Waals surface area (Å²) in [7, 11) is -4.10. The SMILES string of the molecule is Cc1c(-c2ccc(NC(=O)c3ccc(Cl)c(CN4CCS(=O)(=O)CC4)c3)cc2)nn(COCC[Si](C)(C)C)c1C1CC1. The molecule has 8 nitrogen and oxygen atoms in total. The van der Waals surface area contributed by atoms with Crippen LogP contribution in [-0.4, -0.2) is 68.3 Å². The van der Waals surface area contributed by atoms with Gasteiger partial charge in [0.1, 0.15) is 6.73 Å². The molecule has 1 saturated carbocycles. The Kier molecular flexibility index (Phi) is 9.29. The monoisotopic (exact) mass is 628 g/mol. The normalized spacial score (nSPS) is 17.4. The van der Waals surface area contributed by atoms with Crippen LogP contribution in [0.15, 0.2) is 42.5 Å². The number of carbonyl (C=O) groups excluding carboxylic acids is 1. The van der Waals surface area contributed by atoms with Gasteiger partial charge in [-0.2, -0.15) is 5.10 Å². The van der Waals surface area contributed by atoms with Gasteiger partial charge in [0.05, 0.1) is 17.2 Å². The molecule has 0 spiro atoms. The van der Waals surface area contributed by atoms with Crippen molar-refractivity contribution in [2.45, 2.75) is 64.6 Å². The van der Waals surface area contributed by atoms with Crippen molar-refractivity contribution in [1.29, 1.82) is 0 Å². The van der Waals surface area contributed by atoms with Gasteiger partial charge in [-0.25, -0.2) is 13.1 Å². The second kappa shape index (κ2) is 12.6. The van der Waals surface area contributed by atoms with E-state index in [-0.39, 0.29) is 17.4 Å². The van der Waals surface area contributed by atoms with Crippen molar-refractivity contribution in [3.05, 3.63) is 69.9 Å². The van der Waals surface area contributed by atoms with Crippen molar-refractivity contribution in [3.8, 4) is 11.3 Å². The number of anilines is 1. The predicted molar refractivity (Wildman–Crippen MR) is 172 cm³/mol. The summed E-state index contributed by atoms with van der Waals surface area (Å²) < 4.78 is 31.6. The minimum atomic E-state index is -2.96. The number of sulfone groups is 1. The minimum Gasteiger partial charge on any atom is -0.360 e. The Labute approximate surface area is 255 Å². The van der Waals surface area contributed by atoms with Crippen LogP contribution in [0, 0.1) is 6.92 Å². The maximum atomic E-state index is 13.1. The molecule has 1 aromatic heterocycles. The van der Waals surface area contributed by atoms with Gasteiger partial charge in [-0.3, -0.25) is 9.69 Å². The van der Waals surface area contributed by atoms with Crippen molar-refractivity contribution in [2.75, 3.05) is 36.5 Å². The molecule has 0 radical (unpaired) electrons. The summed E-state index contributed by atoms with van der Waals surface area (Å²) in [5.74, 6) is 0.621. The molecule has 226 valence electrons. The van der Waals surface area contributed by atoms with Crippen LogP contribution in [0.25, 0.3) is 11.3 Å². The number of hydrogen-bond donors (Lipinski definition) is 1. The lowest BCUT2D eigenvalue weighted by Gasteiger charge is -2.27. The highest BCUT2D eigenvalue weighted by Crippen LogP contribution is 2.43. The Morgan fingerprint density at radius 1 is 1.10 bits per heavy atom. The molecule has 1 saturated heterocycles. The number of halogens is 1. The molecular weight excluding hydrogens is 588 g/mol. The predicted octanol–water partition coefficient (Wildman–Crippen LogP) is 6.18. The highest BCUT2D eigenvalue weighted by molar-refractivity contribution is 7.91. The summed E-state index contributed by atoms with van der Waals surface area (Å²) in [6, 6.07) is 14.1. The molecule has 1 aliphatic heterocycles. The Bertz CT molecular complexity index is 1530. The van der Waals surface area contributed by atoms with Gasteiger partial charge >= 0.3 is 0 Å². The molecule has 0 atom stereocenters. The summed E-state index contributed by atoms with van der Waals surface area (Å²) in [6.45, 7) is 11.9. The van der Waals surface area contributed by atoms with Crippen molar-refractivity contribution < 1.29 is 17.9 Å². The van der Waals surface area contributed by atoms with Crippen molar-refractivity contribution in [3.63, 3.8) is 0 Å². The Balaban J connectivity index is 1.24. The number of nitrogens with zero attached hydrogens (tertiary/aromatic N) is 3. The molecule has 1 amide bonds. The molecule has 5 rings (SSSR count). The summed E-state index contributed by atoms with van der Waals surface area (Å²) in [5.41, 5.74) is 6.43. The number of nitrogens with one attached hydrogen (secondary N) is 1. The maximum absolute atomic E-state index is 13.1. The molecule has 11 heteroatoms. The summed E-state index contributed by atoms with van der Waals surface area (Å²) >= 11 is 6.42. The van der Waals surface area contributed by atoms with E-state index >= 15 is 0 Å². The number of aromatic nitrogens is 2. The van der Waals surface area contributed by atoms with Crippen LogP contribution in [0.5, 0.6) is 0 Å². The molecule has 0 unspecified atom stereocenters. The van der Waals surface area contributed by atoms with Crippen LogP contribution < -0.4 is 5.32 Å². The van der Waals surface area contributed by atoms with Crippen LogP contribution in [-0.2, 0) is 27.8 Å². The average Bonchev–Trinajstić information content (AvgIpc) is 3.71. The number of carbonyl (C=O) groups is 1. The minimum absolute atomic E-state index is 0.148. The lowest BCUT2D eigenvalue weighted by molar-refractivity contribution is 0.0765. The van der Waals surface area contributed by atoms with E-state index in [2.05, 4.69) is 36.8 Å². The van der Waals surface area contributed by atoms with Gasteiger partial charge in [0, 0.05) is 67.8 Å². The quantitative estimate of drug-likeness (QED) is 0.201. The van der Waals surface area contributed by atoms with Gasteiger partial charge in [0.15, 0.2) is 9.84 Å². The lowest BCUT2D eigenvalue weighted by atomic mass is 10.0. The Morgan fingerprint density at radius 2 is 1.79 bits per heavy atom. The second-order valence-electron chi connectivity index (χ2n) is 12.7. The zero-order valence-electron chi connectivity index (χ0n) is 25.0. The molecule has 0 bridgehead atoms. The molecular formula is C31H41ClN4O4SSi. The van der Waals surface area contributed by atoms with E-state index in [9.17, 15) is 13.2 Å². The van der Waals surface area contributed by atoms with E-state index in [1.165, 1.54) is 24.1 Å². The first-order chi connectivity index (χ1) is 19.9. The Hall–Kier alpha value is -2.50. The van der Waals surface area contributed by atoms with Crippen LogP contribution >= 0.6 is 11.6 Å². The summed E-state index contributed by atoms with van der Waals surface area (Å²) in [4.78, 5) is 15.2. The van der Waals surface area contributed by atoms with E-state index in [1.807, 2.05) is 28.9 Å². The van der Waals surface area contributed by atoms with Crippen molar-refractivity contribution in [1.82, 2.24) is 14.7 Å². The topological polar surface area (TPSA) is 93.5 Å². The fourth-order valence-electron chi connectivity index (χ4n) is 5.24. The number of rotatable bonds is 11. The van der Waals surface area contributed by atoms with Crippen molar-refractivity contribution >= 4 is 41.1 Å². The zero-order chi connectivity index (χ0) is 30.1. The molecule has 2 heterocycles. The third-order valence-electron chi connectivity index (χ3n) is 7.97. The molecule has 2 aromatic carbocycles. The first-order valence-corrected chi connectivity index (χ1v) is 20.6. The standard InChI is InChI=1S/C31H41ClN4O4SSi/c1-22-29(34-36(30(22)24-5-6-24)21-40-15-18-42(2,3)4)23-7-10-27(11-8-23)33-31(37)25-9-12-28(32)26(19-25)20-35-13-16-41(38,39)17-14-35/h7-12,19,24H,5-6,13-18,20-21H2,1-4H3,(H,33,37). The third-order valence-corrected chi connectivity index (χ3v) is 11.6. The largest absolute Gasteiger partial charge is 0.360 e. The Morgan fingerprint density at radius 3 is 2.43 bits per heavy atom. The van der Waals surface area contributed by atoms with Gasteiger partial charge in [-0.15, -0.1) is 0 Å². The number of hydrogen-bond acceptors (Lipinski definition) is 6.